The number of benzene rings is 3. The van der Waals surface area contributed by atoms with Crippen LogP contribution in [-0.4, -0.2) is 23.0 Å². The number of nitrogens with zero attached hydrogens (tertiary/aromatic N) is 4. The van der Waals surface area contributed by atoms with E-state index in [2.05, 4.69) is 21.3 Å². The van der Waals surface area contributed by atoms with Crippen molar-refractivity contribution in [2.75, 3.05) is 7.05 Å². The molecule has 0 saturated heterocycles. The number of halogens is 1. The average Bonchev–Trinajstić information content (AvgIpc) is 2.86. The minimum absolute atomic E-state index is 0.00980. The molecule has 0 radical (unpaired) electrons. The van der Waals surface area contributed by atoms with E-state index in [1.165, 1.54) is 25.4 Å². The molecule has 3 aromatic carbocycles. The molecule has 0 unspecified atom stereocenters. The van der Waals surface area contributed by atoms with Crippen molar-refractivity contribution in [2.24, 2.45) is 16.5 Å². The molecule has 5 N–H and O–H groups in total. The Bertz CT molecular complexity index is 1670. The molecule has 1 aromatic heterocycles. The number of aromatic nitrogens is 2. The lowest BCUT2D eigenvalue weighted by molar-refractivity contribution is 0.627. The van der Waals surface area contributed by atoms with Gasteiger partial charge in [-0.2, -0.15) is 15.6 Å². The van der Waals surface area contributed by atoms with Crippen molar-refractivity contribution in [3.05, 3.63) is 92.8 Å². The summed E-state index contributed by atoms with van der Waals surface area (Å²) in [6, 6.07) is 15.5. The van der Waals surface area contributed by atoms with E-state index in [0.29, 0.717) is 27.4 Å². The van der Waals surface area contributed by atoms with Crippen molar-refractivity contribution in [2.45, 2.75) is 6.54 Å². The zero-order chi connectivity index (χ0) is 24.4. The molecule has 4 rings (SSSR count). The van der Waals surface area contributed by atoms with Gasteiger partial charge in [-0.05, 0) is 29.1 Å². The Morgan fingerprint density at radius 2 is 1.97 bits per heavy atom. The Morgan fingerprint density at radius 1 is 1.21 bits per heavy atom. The van der Waals surface area contributed by atoms with Gasteiger partial charge in [0, 0.05) is 36.1 Å². The average molecular weight is 451 g/mol. The highest BCUT2D eigenvalue weighted by molar-refractivity contribution is 6.33. The molecule has 0 fully saturated rings. The van der Waals surface area contributed by atoms with Gasteiger partial charge in [-0.3, -0.25) is 9.79 Å². The predicted molar refractivity (Wildman–Crippen MR) is 128 cm³/mol. The first-order valence-corrected chi connectivity index (χ1v) is 10.2. The molecule has 0 spiro atoms. The fourth-order valence-electron chi connectivity index (χ4n) is 4.09. The van der Waals surface area contributed by atoms with Gasteiger partial charge in [0.2, 0.25) is 0 Å². The van der Waals surface area contributed by atoms with Crippen LogP contribution in [0.5, 0.6) is 0 Å². The van der Waals surface area contributed by atoms with Gasteiger partial charge in [-0.25, -0.2) is 9.49 Å². The van der Waals surface area contributed by atoms with Gasteiger partial charge in [0.05, 0.1) is 33.5 Å². The Balaban J connectivity index is 2.04. The minimum Gasteiger partial charge on any atom is -0.404 e. The molecule has 0 saturated carbocycles. The van der Waals surface area contributed by atoms with E-state index in [0.717, 1.165) is 0 Å². The maximum atomic E-state index is 15.4. The summed E-state index contributed by atoms with van der Waals surface area (Å²) in [5, 5.41) is 27.6. The lowest BCUT2D eigenvalue weighted by Crippen LogP contribution is -2.16. The Hall–Kier alpha value is -4.86. The molecule has 34 heavy (non-hydrogen) atoms. The second kappa shape index (κ2) is 8.94. The molecule has 9 heteroatoms. The van der Waals surface area contributed by atoms with Gasteiger partial charge in [0.15, 0.2) is 0 Å². The van der Waals surface area contributed by atoms with E-state index in [-0.39, 0.29) is 39.9 Å². The summed E-state index contributed by atoms with van der Waals surface area (Å²) in [6.45, 7) is 0.00980. The zero-order valence-corrected chi connectivity index (χ0v) is 18.1. The number of aliphatic imine (C=N–C) groups is 1. The SMILES string of the molecule is CN=C(C(=CN)c1cc(C#N)c2c(=O)[nH]nc(CN)c2c1)c1c(F)cc2ccccc2c1C#N. The highest BCUT2D eigenvalue weighted by Gasteiger charge is 2.23. The second-order valence-electron chi connectivity index (χ2n) is 7.36. The number of H-pyrrole nitrogens is 1. The number of hydrogen-bond acceptors (Lipinski definition) is 7. The second-order valence-corrected chi connectivity index (χ2v) is 7.36. The molecule has 4 aromatic rings. The third kappa shape index (κ3) is 3.47. The number of nitriles is 2. The maximum absolute atomic E-state index is 15.4. The van der Waals surface area contributed by atoms with Gasteiger partial charge in [0.1, 0.15) is 18.0 Å². The van der Waals surface area contributed by atoms with Gasteiger partial charge in [-0.15, -0.1) is 0 Å². The smallest absolute Gasteiger partial charge is 0.273 e. The number of nitrogens with two attached hydrogens (primary N) is 2. The summed E-state index contributed by atoms with van der Waals surface area (Å²) in [4.78, 5) is 16.6. The Labute approximate surface area is 193 Å². The molecular formula is C25H18FN7O. The number of nitrogens with one attached hydrogen (secondary N) is 1. The number of fused-ring (bicyclic) bond motifs is 2. The van der Waals surface area contributed by atoms with Crippen molar-refractivity contribution in [3.8, 4) is 12.1 Å². The van der Waals surface area contributed by atoms with E-state index < -0.39 is 11.4 Å². The van der Waals surface area contributed by atoms with Crippen molar-refractivity contribution in [1.82, 2.24) is 10.2 Å². The summed E-state index contributed by atoms with van der Waals surface area (Å²) in [5.41, 5.74) is 12.5. The molecule has 0 amide bonds. The normalized spacial score (nSPS) is 12.0. The van der Waals surface area contributed by atoms with Crippen LogP contribution in [0.15, 0.2) is 58.5 Å². The van der Waals surface area contributed by atoms with Crippen LogP contribution in [0.1, 0.15) is 27.9 Å². The lowest BCUT2D eigenvalue weighted by Gasteiger charge is -2.16. The molecule has 8 nitrogen and oxygen atoms in total. The minimum atomic E-state index is -0.641. The van der Waals surface area contributed by atoms with Crippen LogP contribution in [0.3, 0.4) is 0 Å². The first-order chi connectivity index (χ1) is 16.5. The van der Waals surface area contributed by atoms with Crippen LogP contribution in [0, 0.1) is 28.5 Å². The predicted octanol–water partition coefficient (Wildman–Crippen LogP) is 2.84. The van der Waals surface area contributed by atoms with Gasteiger partial charge >= 0.3 is 0 Å². The third-order valence-electron chi connectivity index (χ3n) is 5.59. The van der Waals surface area contributed by atoms with E-state index in [1.54, 1.807) is 30.3 Å². The molecule has 0 aliphatic heterocycles. The molecule has 0 atom stereocenters. The summed E-state index contributed by atoms with van der Waals surface area (Å²) in [6.07, 6.45) is 1.23. The monoisotopic (exact) mass is 451 g/mol. The van der Waals surface area contributed by atoms with E-state index in [4.69, 9.17) is 11.5 Å². The van der Waals surface area contributed by atoms with Crippen LogP contribution in [0.25, 0.3) is 27.1 Å². The fourth-order valence-corrected chi connectivity index (χ4v) is 4.09. The highest BCUT2D eigenvalue weighted by atomic mass is 19.1. The Morgan fingerprint density at radius 3 is 2.62 bits per heavy atom. The first-order valence-electron chi connectivity index (χ1n) is 10.2. The van der Waals surface area contributed by atoms with Crippen molar-refractivity contribution in [3.63, 3.8) is 0 Å². The molecule has 166 valence electrons. The zero-order valence-electron chi connectivity index (χ0n) is 18.1. The maximum Gasteiger partial charge on any atom is 0.273 e. The molecule has 0 aliphatic rings. The number of allylic oxidation sites excluding steroid dienone is 1. The summed E-state index contributed by atoms with van der Waals surface area (Å²) in [7, 11) is 1.46. The van der Waals surface area contributed by atoms with Crippen LogP contribution in [-0.2, 0) is 6.54 Å². The van der Waals surface area contributed by atoms with Gasteiger partial charge < -0.3 is 11.5 Å². The van der Waals surface area contributed by atoms with Crippen LogP contribution < -0.4 is 17.0 Å². The molecule has 0 aliphatic carbocycles. The fraction of sp³-hybridized carbons (Fsp3) is 0.0800. The van der Waals surface area contributed by atoms with Crippen LogP contribution >= 0.6 is 0 Å². The summed E-state index contributed by atoms with van der Waals surface area (Å²) in [5.74, 6) is -0.641. The molecular weight excluding hydrogens is 433 g/mol. The van der Waals surface area contributed by atoms with Crippen molar-refractivity contribution in [1.29, 1.82) is 10.5 Å². The largest absolute Gasteiger partial charge is 0.404 e. The van der Waals surface area contributed by atoms with Crippen LogP contribution in [0.4, 0.5) is 4.39 Å². The number of hydrogen-bond donors (Lipinski definition) is 3. The molecule has 0 bridgehead atoms. The van der Waals surface area contributed by atoms with Gasteiger partial charge in [-0.1, -0.05) is 24.3 Å². The van der Waals surface area contributed by atoms with Crippen molar-refractivity contribution < 1.29 is 4.39 Å². The number of rotatable bonds is 4. The van der Waals surface area contributed by atoms with Crippen molar-refractivity contribution >= 4 is 32.8 Å². The van der Waals surface area contributed by atoms with E-state index >= 15 is 4.39 Å². The third-order valence-corrected chi connectivity index (χ3v) is 5.59. The molecule has 1 heterocycles. The summed E-state index contributed by atoms with van der Waals surface area (Å²) >= 11 is 0. The highest BCUT2D eigenvalue weighted by Crippen LogP contribution is 2.31. The topological polar surface area (TPSA) is 158 Å². The number of aromatic amines is 1. The lowest BCUT2D eigenvalue weighted by atomic mass is 9.88. The Kier molecular flexibility index (Phi) is 5.88. The van der Waals surface area contributed by atoms with Crippen LogP contribution in [0.2, 0.25) is 0 Å². The van der Waals surface area contributed by atoms with E-state index in [9.17, 15) is 15.3 Å². The first kappa shape index (κ1) is 22.3. The summed E-state index contributed by atoms with van der Waals surface area (Å²) < 4.78 is 15.4. The van der Waals surface area contributed by atoms with Gasteiger partial charge in [0.25, 0.3) is 5.56 Å². The quantitative estimate of drug-likeness (QED) is 0.405. The van der Waals surface area contributed by atoms with E-state index in [1.807, 2.05) is 6.07 Å². The standard InChI is InChI=1S/C25H18FN7O/c1-31-24(23-19(11-29)16-5-3-2-4-13(16)8-20(23)26)18(10-28)14-6-15(9-27)22-17(7-14)21(12-30)32-33-25(22)34/h2-8,10H,12,28,30H2,1H3,(H,33,34).